The highest BCUT2D eigenvalue weighted by Crippen LogP contribution is 2.24. The van der Waals surface area contributed by atoms with E-state index >= 15 is 0 Å². The molecule has 2 rings (SSSR count). The lowest BCUT2D eigenvalue weighted by atomic mass is 9.84. The molecule has 20 heavy (non-hydrogen) atoms. The van der Waals surface area contributed by atoms with Crippen LogP contribution >= 0.6 is 11.6 Å². The number of hydrogen-bond acceptors (Lipinski definition) is 2. The normalized spacial score (nSPS) is 22.6. The van der Waals surface area contributed by atoms with Crippen LogP contribution < -0.4 is 11.1 Å². The van der Waals surface area contributed by atoms with Gasteiger partial charge in [-0.3, -0.25) is 4.79 Å². The van der Waals surface area contributed by atoms with E-state index in [0.717, 1.165) is 25.7 Å². The van der Waals surface area contributed by atoms with Crippen LogP contribution in [0.3, 0.4) is 0 Å². The fourth-order valence-corrected chi connectivity index (χ4v) is 3.03. The first-order valence-electron chi connectivity index (χ1n) is 7.04. The van der Waals surface area contributed by atoms with Crippen molar-refractivity contribution < 1.29 is 9.18 Å². The van der Waals surface area contributed by atoms with Crippen molar-refractivity contribution in [3.05, 3.63) is 34.6 Å². The van der Waals surface area contributed by atoms with Crippen molar-refractivity contribution in [1.29, 1.82) is 0 Å². The Morgan fingerprint density at radius 1 is 1.40 bits per heavy atom. The largest absolute Gasteiger partial charge is 0.353 e. The number of amides is 1. The molecule has 0 bridgehead atoms. The number of carbonyl (C=O) groups excluding carboxylic acids is 1. The van der Waals surface area contributed by atoms with E-state index in [4.69, 9.17) is 17.3 Å². The van der Waals surface area contributed by atoms with Gasteiger partial charge in [0.05, 0.1) is 6.42 Å². The van der Waals surface area contributed by atoms with E-state index in [2.05, 4.69) is 5.32 Å². The van der Waals surface area contributed by atoms with E-state index in [1.807, 2.05) is 0 Å². The van der Waals surface area contributed by atoms with E-state index in [1.165, 1.54) is 12.1 Å². The minimum absolute atomic E-state index is 0.0285. The number of hydrogen-bond donors (Lipinski definition) is 2. The standard InChI is InChI=1S/C15H20ClFN2O/c16-12-5-3-6-13(17)11(12)8-15(20)19-14-7-2-1-4-10(14)9-18/h3,5-6,10,14H,1-2,4,7-9,18H2,(H,19,20). The molecular formula is C15H20ClFN2O. The third-order valence-electron chi connectivity index (χ3n) is 3.96. The lowest BCUT2D eigenvalue weighted by molar-refractivity contribution is -0.121. The van der Waals surface area contributed by atoms with Crippen LogP contribution in [0.1, 0.15) is 31.2 Å². The summed E-state index contributed by atoms with van der Waals surface area (Å²) in [6, 6.07) is 4.55. The van der Waals surface area contributed by atoms with Crippen molar-refractivity contribution in [2.45, 2.75) is 38.1 Å². The van der Waals surface area contributed by atoms with Gasteiger partial charge in [-0.05, 0) is 37.4 Å². The van der Waals surface area contributed by atoms with Crippen LogP contribution in [0.4, 0.5) is 4.39 Å². The first-order valence-corrected chi connectivity index (χ1v) is 7.42. The summed E-state index contributed by atoms with van der Waals surface area (Å²) in [5, 5.41) is 3.27. The quantitative estimate of drug-likeness (QED) is 0.898. The maximum Gasteiger partial charge on any atom is 0.224 e. The Bertz CT molecular complexity index is 461. The summed E-state index contributed by atoms with van der Waals surface area (Å²) < 4.78 is 13.6. The number of halogens is 2. The van der Waals surface area contributed by atoms with Gasteiger partial charge in [0.1, 0.15) is 5.82 Å². The van der Waals surface area contributed by atoms with Gasteiger partial charge in [-0.25, -0.2) is 4.39 Å². The summed E-state index contributed by atoms with van der Waals surface area (Å²) in [7, 11) is 0. The zero-order chi connectivity index (χ0) is 14.5. The van der Waals surface area contributed by atoms with Crippen LogP contribution in [0.5, 0.6) is 0 Å². The van der Waals surface area contributed by atoms with Gasteiger partial charge < -0.3 is 11.1 Å². The minimum atomic E-state index is -0.438. The van der Waals surface area contributed by atoms with Crippen LogP contribution in [0.15, 0.2) is 18.2 Å². The molecule has 1 aromatic rings. The predicted molar refractivity (Wildman–Crippen MR) is 78.1 cm³/mol. The molecule has 0 aromatic heterocycles. The van der Waals surface area contributed by atoms with Gasteiger partial charge in [0.2, 0.25) is 5.91 Å². The Labute approximate surface area is 123 Å². The number of nitrogens with two attached hydrogens (primary N) is 1. The van der Waals surface area contributed by atoms with Crippen LogP contribution in [0.25, 0.3) is 0 Å². The molecule has 1 aliphatic carbocycles. The number of nitrogens with one attached hydrogen (secondary N) is 1. The van der Waals surface area contributed by atoms with Gasteiger partial charge in [0.15, 0.2) is 0 Å². The third kappa shape index (κ3) is 3.70. The summed E-state index contributed by atoms with van der Waals surface area (Å²) in [5.41, 5.74) is 5.99. The molecule has 2 unspecified atom stereocenters. The second-order valence-corrected chi connectivity index (χ2v) is 5.74. The first kappa shape index (κ1) is 15.3. The molecule has 3 N–H and O–H groups in total. The van der Waals surface area contributed by atoms with Crippen LogP contribution in [-0.2, 0) is 11.2 Å². The molecule has 110 valence electrons. The highest BCUT2D eigenvalue weighted by Gasteiger charge is 2.25. The van der Waals surface area contributed by atoms with E-state index in [0.29, 0.717) is 17.5 Å². The Kier molecular flexibility index (Phi) is 5.38. The minimum Gasteiger partial charge on any atom is -0.353 e. The predicted octanol–water partition coefficient (Wildman–Crippen LogP) is 2.66. The summed E-state index contributed by atoms with van der Waals surface area (Å²) >= 11 is 5.93. The van der Waals surface area contributed by atoms with Gasteiger partial charge in [-0.2, -0.15) is 0 Å². The van der Waals surface area contributed by atoms with Gasteiger partial charge in [0.25, 0.3) is 0 Å². The molecule has 0 heterocycles. The Hall–Kier alpha value is -1.13. The highest BCUT2D eigenvalue weighted by molar-refractivity contribution is 6.31. The van der Waals surface area contributed by atoms with Crippen LogP contribution in [0, 0.1) is 11.7 Å². The monoisotopic (exact) mass is 298 g/mol. The molecule has 0 spiro atoms. The molecule has 1 amide bonds. The molecule has 1 fully saturated rings. The number of carbonyl (C=O) groups is 1. The smallest absolute Gasteiger partial charge is 0.224 e. The van der Waals surface area contributed by atoms with Crippen molar-refractivity contribution in [3.63, 3.8) is 0 Å². The van der Waals surface area contributed by atoms with Crippen molar-refractivity contribution in [2.24, 2.45) is 11.7 Å². The van der Waals surface area contributed by atoms with E-state index in [1.54, 1.807) is 6.07 Å². The molecule has 0 saturated heterocycles. The molecule has 1 saturated carbocycles. The Morgan fingerprint density at radius 3 is 2.85 bits per heavy atom. The van der Waals surface area contributed by atoms with E-state index < -0.39 is 5.82 Å². The van der Waals surface area contributed by atoms with Crippen molar-refractivity contribution in [2.75, 3.05) is 6.54 Å². The number of rotatable bonds is 4. The van der Waals surface area contributed by atoms with Gasteiger partial charge in [-0.1, -0.05) is 30.5 Å². The molecule has 1 aromatic carbocycles. The lowest BCUT2D eigenvalue weighted by Crippen LogP contribution is -2.45. The molecule has 0 aliphatic heterocycles. The molecule has 5 heteroatoms. The van der Waals surface area contributed by atoms with Crippen molar-refractivity contribution >= 4 is 17.5 Å². The molecule has 2 atom stereocenters. The maximum absolute atomic E-state index is 13.6. The lowest BCUT2D eigenvalue weighted by Gasteiger charge is -2.31. The third-order valence-corrected chi connectivity index (χ3v) is 4.31. The second-order valence-electron chi connectivity index (χ2n) is 5.33. The second kappa shape index (κ2) is 7.04. The fraction of sp³-hybridized carbons (Fsp3) is 0.533. The average Bonchev–Trinajstić information content (AvgIpc) is 2.44. The van der Waals surface area contributed by atoms with Gasteiger partial charge in [0, 0.05) is 16.6 Å². The molecule has 3 nitrogen and oxygen atoms in total. The first-order chi connectivity index (χ1) is 9.61. The molecule has 1 aliphatic rings. The zero-order valence-corrected chi connectivity index (χ0v) is 12.1. The molecule has 0 radical (unpaired) electrons. The maximum atomic E-state index is 13.6. The summed E-state index contributed by atoms with van der Waals surface area (Å²) in [6.45, 7) is 0.575. The topological polar surface area (TPSA) is 55.1 Å². The van der Waals surface area contributed by atoms with Crippen LogP contribution in [-0.4, -0.2) is 18.5 Å². The van der Waals surface area contributed by atoms with Crippen LogP contribution in [0.2, 0.25) is 5.02 Å². The summed E-state index contributed by atoms with van der Waals surface area (Å²) in [6.07, 6.45) is 4.22. The summed E-state index contributed by atoms with van der Waals surface area (Å²) in [4.78, 5) is 12.1. The SMILES string of the molecule is NCC1CCCCC1NC(=O)Cc1c(F)cccc1Cl. The fourth-order valence-electron chi connectivity index (χ4n) is 2.80. The van der Waals surface area contributed by atoms with E-state index in [9.17, 15) is 9.18 Å². The highest BCUT2D eigenvalue weighted by atomic mass is 35.5. The Morgan fingerprint density at radius 2 is 2.15 bits per heavy atom. The Balaban J connectivity index is 1.98. The van der Waals surface area contributed by atoms with Gasteiger partial charge in [-0.15, -0.1) is 0 Å². The molecular weight excluding hydrogens is 279 g/mol. The van der Waals surface area contributed by atoms with E-state index in [-0.39, 0.29) is 23.9 Å². The number of benzene rings is 1. The summed E-state index contributed by atoms with van der Waals surface area (Å²) in [5.74, 6) is -0.308. The van der Waals surface area contributed by atoms with Crippen molar-refractivity contribution in [1.82, 2.24) is 5.32 Å². The zero-order valence-electron chi connectivity index (χ0n) is 11.4. The average molecular weight is 299 g/mol. The van der Waals surface area contributed by atoms with Gasteiger partial charge >= 0.3 is 0 Å². The van der Waals surface area contributed by atoms with Crippen molar-refractivity contribution in [3.8, 4) is 0 Å².